The van der Waals surface area contributed by atoms with Gasteiger partial charge in [0.15, 0.2) is 11.5 Å². The van der Waals surface area contributed by atoms with E-state index in [0.29, 0.717) is 11.5 Å². The Morgan fingerprint density at radius 1 is 1.23 bits per heavy atom. The first-order valence-electron chi connectivity index (χ1n) is 6.92. The lowest BCUT2D eigenvalue weighted by atomic mass is 10.3. The lowest BCUT2D eigenvalue weighted by molar-refractivity contribution is -0.122. The summed E-state index contributed by atoms with van der Waals surface area (Å²) in [6.07, 6.45) is 1.89. The first-order chi connectivity index (χ1) is 10.4. The first-order valence-corrected chi connectivity index (χ1v) is 8.40. The highest BCUT2D eigenvalue weighted by Gasteiger charge is 2.28. The second-order valence-corrected chi connectivity index (χ2v) is 6.86. The first kappa shape index (κ1) is 16.6. The van der Waals surface area contributed by atoms with Crippen molar-refractivity contribution in [3.8, 4) is 11.5 Å². The molecule has 0 saturated heterocycles. The summed E-state index contributed by atoms with van der Waals surface area (Å²) >= 11 is 0. The van der Waals surface area contributed by atoms with Gasteiger partial charge in [-0.05, 0) is 31.9 Å². The molecule has 0 spiro atoms. The molecule has 0 bridgehead atoms. The Hall–Kier alpha value is -1.80. The molecule has 22 heavy (non-hydrogen) atoms. The average Bonchev–Trinajstić information content (AvgIpc) is 3.29. The lowest BCUT2D eigenvalue weighted by Gasteiger charge is -2.15. The molecule has 2 N–H and O–H groups in total. The van der Waals surface area contributed by atoms with E-state index in [9.17, 15) is 13.2 Å². The number of sulfonamides is 1. The smallest absolute Gasteiger partial charge is 0.241 e. The molecular formula is C14H20N2O5S. The molecular weight excluding hydrogens is 308 g/mol. The molecule has 1 fully saturated rings. The van der Waals surface area contributed by atoms with Gasteiger partial charge in [-0.25, -0.2) is 8.42 Å². The number of nitrogens with one attached hydrogen (secondary N) is 2. The predicted octanol–water partition coefficient (Wildman–Crippen LogP) is 0.649. The monoisotopic (exact) mass is 328 g/mol. The van der Waals surface area contributed by atoms with Crippen LogP contribution < -0.4 is 19.5 Å². The molecule has 1 aliphatic carbocycles. The third-order valence-corrected chi connectivity index (χ3v) is 4.85. The molecule has 0 radical (unpaired) electrons. The van der Waals surface area contributed by atoms with Crippen molar-refractivity contribution in [1.82, 2.24) is 10.0 Å². The second kappa shape index (κ2) is 6.53. The van der Waals surface area contributed by atoms with E-state index in [4.69, 9.17) is 9.47 Å². The largest absolute Gasteiger partial charge is 0.493 e. The Bertz CT molecular complexity index is 655. The molecule has 7 nitrogen and oxygen atoms in total. The summed E-state index contributed by atoms with van der Waals surface area (Å²) in [5.41, 5.74) is 0. The Morgan fingerprint density at radius 3 is 2.41 bits per heavy atom. The standard InChI is InChI=1S/C14H20N2O5S/c1-9(14(17)15-10-4-5-10)16-22(18,19)11-6-7-12(20-2)13(8-11)21-3/h6-10,16H,4-5H2,1-3H3,(H,15,17)/t9-/m0/s1. The average molecular weight is 328 g/mol. The summed E-state index contributed by atoms with van der Waals surface area (Å²) in [4.78, 5) is 11.9. The molecule has 1 atom stereocenters. The number of rotatable bonds is 7. The van der Waals surface area contributed by atoms with Crippen molar-refractivity contribution in [3.05, 3.63) is 18.2 Å². The van der Waals surface area contributed by atoms with Crippen molar-refractivity contribution in [2.45, 2.75) is 36.7 Å². The molecule has 1 aromatic carbocycles. The van der Waals surface area contributed by atoms with Crippen molar-refractivity contribution in [2.24, 2.45) is 0 Å². The Balaban J connectivity index is 2.13. The third kappa shape index (κ3) is 3.89. The number of amides is 1. The van der Waals surface area contributed by atoms with E-state index in [2.05, 4.69) is 10.0 Å². The molecule has 1 saturated carbocycles. The minimum absolute atomic E-state index is 0.0104. The Kier molecular flexibility index (Phi) is 4.92. The van der Waals surface area contributed by atoms with Crippen LogP contribution >= 0.6 is 0 Å². The van der Waals surface area contributed by atoms with Gasteiger partial charge in [0.1, 0.15) is 0 Å². The zero-order valence-electron chi connectivity index (χ0n) is 12.8. The van der Waals surface area contributed by atoms with Gasteiger partial charge in [0.05, 0.1) is 25.2 Å². The summed E-state index contributed by atoms with van der Waals surface area (Å²) in [5, 5.41) is 2.76. The number of carbonyl (C=O) groups excluding carboxylic acids is 1. The molecule has 1 amide bonds. The van der Waals surface area contributed by atoms with Gasteiger partial charge in [0.25, 0.3) is 0 Å². The van der Waals surface area contributed by atoms with Gasteiger partial charge in [-0.2, -0.15) is 4.72 Å². The van der Waals surface area contributed by atoms with Gasteiger partial charge in [0.2, 0.25) is 15.9 Å². The summed E-state index contributed by atoms with van der Waals surface area (Å²) in [7, 11) is -0.933. The summed E-state index contributed by atoms with van der Waals surface area (Å²) in [6, 6.07) is 3.59. The van der Waals surface area contributed by atoms with Gasteiger partial charge >= 0.3 is 0 Å². The fourth-order valence-corrected chi connectivity index (χ4v) is 3.11. The zero-order valence-corrected chi connectivity index (χ0v) is 13.6. The molecule has 0 aliphatic heterocycles. The van der Waals surface area contributed by atoms with Gasteiger partial charge in [-0.3, -0.25) is 4.79 Å². The second-order valence-electron chi connectivity index (χ2n) is 5.14. The van der Waals surface area contributed by atoms with Gasteiger partial charge in [-0.15, -0.1) is 0 Å². The van der Waals surface area contributed by atoms with Crippen molar-refractivity contribution >= 4 is 15.9 Å². The van der Waals surface area contributed by atoms with E-state index in [1.165, 1.54) is 39.3 Å². The quantitative estimate of drug-likeness (QED) is 0.766. The van der Waals surface area contributed by atoms with Gasteiger partial charge < -0.3 is 14.8 Å². The van der Waals surface area contributed by atoms with Crippen LogP contribution in [0.3, 0.4) is 0 Å². The molecule has 1 aromatic rings. The fourth-order valence-electron chi connectivity index (χ4n) is 1.89. The third-order valence-electron chi connectivity index (χ3n) is 3.31. The normalized spacial score (nSPS) is 16.0. The maximum atomic E-state index is 12.3. The summed E-state index contributed by atoms with van der Waals surface area (Å²) in [6.45, 7) is 1.51. The Labute approximate surface area is 130 Å². The molecule has 8 heteroatoms. The maximum Gasteiger partial charge on any atom is 0.241 e. The van der Waals surface area contributed by atoms with Crippen molar-refractivity contribution in [3.63, 3.8) is 0 Å². The van der Waals surface area contributed by atoms with Crippen LogP contribution in [0.4, 0.5) is 0 Å². The van der Waals surface area contributed by atoms with E-state index >= 15 is 0 Å². The number of hydrogen-bond donors (Lipinski definition) is 2. The lowest BCUT2D eigenvalue weighted by Crippen LogP contribution is -2.45. The maximum absolute atomic E-state index is 12.3. The minimum Gasteiger partial charge on any atom is -0.493 e. The van der Waals surface area contributed by atoms with E-state index in [0.717, 1.165) is 12.8 Å². The number of benzene rings is 1. The van der Waals surface area contributed by atoms with Crippen molar-refractivity contribution in [1.29, 1.82) is 0 Å². The van der Waals surface area contributed by atoms with E-state index in [1.807, 2.05) is 0 Å². The molecule has 0 aromatic heterocycles. The van der Waals surface area contributed by atoms with Crippen molar-refractivity contribution in [2.75, 3.05) is 14.2 Å². The molecule has 1 aliphatic rings. The Morgan fingerprint density at radius 2 is 1.86 bits per heavy atom. The van der Waals surface area contributed by atoms with E-state index in [1.54, 1.807) is 0 Å². The molecule has 0 heterocycles. The van der Waals surface area contributed by atoms with Crippen LogP contribution in [0.2, 0.25) is 0 Å². The highest BCUT2D eigenvalue weighted by molar-refractivity contribution is 7.89. The summed E-state index contributed by atoms with van der Waals surface area (Å²) in [5.74, 6) is 0.410. The van der Waals surface area contributed by atoms with Crippen LogP contribution in [0, 0.1) is 0 Å². The highest BCUT2D eigenvalue weighted by atomic mass is 32.2. The predicted molar refractivity (Wildman–Crippen MR) is 80.5 cm³/mol. The van der Waals surface area contributed by atoms with Gasteiger partial charge in [0, 0.05) is 12.1 Å². The van der Waals surface area contributed by atoms with Crippen LogP contribution in [0.5, 0.6) is 11.5 Å². The minimum atomic E-state index is -3.82. The summed E-state index contributed by atoms with van der Waals surface area (Å²) < 4.78 is 37.2. The number of carbonyl (C=O) groups is 1. The fraction of sp³-hybridized carbons (Fsp3) is 0.500. The molecule has 122 valence electrons. The molecule has 2 rings (SSSR count). The van der Waals surface area contributed by atoms with Crippen LogP contribution in [-0.2, 0) is 14.8 Å². The van der Waals surface area contributed by atoms with Crippen molar-refractivity contribution < 1.29 is 22.7 Å². The topological polar surface area (TPSA) is 93.7 Å². The van der Waals surface area contributed by atoms with Crippen LogP contribution in [-0.4, -0.2) is 40.6 Å². The number of ether oxygens (including phenoxy) is 2. The number of hydrogen-bond acceptors (Lipinski definition) is 5. The number of methoxy groups -OCH3 is 2. The SMILES string of the molecule is COc1ccc(S(=O)(=O)N[C@@H](C)C(=O)NC2CC2)cc1OC. The van der Waals surface area contributed by atoms with Gasteiger partial charge in [-0.1, -0.05) is 0 Å². The van der Waals surface area contributed by atoms with E-state index < -0.39 is 16.1 Å². The molecule has 0 unspecified atom stereocenters. The van der Waals surface area contributed by atoms with Crippen LogP contribution in [0.25, 0.3) is 0 Å². The zero-order chi connectivity index (χ0) is 16.3. The van der Waals surface area contributed by atoms with Crippen LogP contribution in [0.1, 0.15) is 19.8 Å². The highest BCUT2D eigenvalue weighted by Crippen LogP contribution is 2.29. The van der Waals surface area contributed by atoms with E-state index in [-0.39, 0.29) is 16.8 Å². The van der Waals surface area contributed by atoms with Crippen LogP contribution in [0.15, 0.2) is 23.1 Å².